The third kappa shape index (κ3) is 5.51. The predicted octanol–water partition coefficient (Wildman–Crippen LogP) is 4.22. The molecule has 0 bridgehead atoms. The Bertz CT molecular complexity index is 1290. The first-order valence-electron chi connectivity index (χ1n) is 11.0. The Kier molecular flexibility index (Phi) is 6.79. The molecule has 1 unspecified atom stereocenters. The van der Waals surface area contributed by atoms with E-state index in [-0.39, 0.29) is 18.5 Å². The van der Waals surface area contributed by atoms with E-state index in [1.165, 1.54) is 10.6 Å². The van der Waals surface area contributed by atoms with Crippen molar-refractivity contribution in [3.05, 3.63) is 89.0 Å². The molecule has 0 aliphatic carbocycles. The number of hydrogen-bond acceptors (Lipinski definition) is 5. The Morgan fingerprint density at radius 3 is 2.38 bits per heavy atom. The fraction of sp³-hybridized carbons (Fsp3) is 0.269. The second-order valence-electron chi connectivity index (χ2n) is 8.40. The molecule has 1 aliphatic rings. The van der Waals surface area contributed by atoms with Crippen molar-refractivity contribution in [2.45, 2.75) is 26.4 Å². The molecule has 0 saturated carbocycles. The molecule has 3 aromatic carbocycles. The van der Waals surface area contributed by atoms with Crippen LogP contribution in [0.15, 0.2) is 66.7 Å². The summed E-state index contributed by atoms with van der Waals surface area (Å²) in [6.45, 7) is 5.04. The minimum Gasteiger partial charge on any atom is -0.486 e. The van der Waals surface area contributed by atoms with Crippen LogP contribution in [0.5, 0.6) is 11.5 Å². The van der Waals surface area contributed by atoms with Gasteiger partial charge in [0.25, 0.3) is 5.91 Å². The normalized spacial score (nSPS) is 13.7. The molecule has 3 aromatic rings. The van der Waals surface area contributed by atoms with Crippen LogP contribution in [-0.4, -0.2) is 33.8 Å². The Labute approximate surface area is 200 Å². The summed E-state index contributed by atoms with van der Waals surface area (Å²) < 4.78 is 37.4. The van der Waals surface area contributed by atoms with E-state index in [9.17, 15) is 13.2 Å². The SMILES string of the molecule is Cc1cccc(N(Cc2ccc(C(=O)NC(C)c3ccc4c(c3)OCCO4)cc2)S(C)(=O)=O)c1. The Hall–Kier alpha value is -3.52. The summed E-state index contributed by atoms with van der Waals surface area (Å²) in [7, 11) is -3.48. The summed E-state index contributed by atoms with van der Waals surface area (Å²) in [6, 6.07) is 19.7. The first kappa shape index (κ1) is 23.6. The number of amides is 1. The van der Waals surface area contributed by atoms with Crippen molar-refractivity contribution in [2.75, 3.05) is 23.8 Å². The van der Waals surface area contributed by atoms with Crippen molar-refractivity contribution in [3.8, 4) is 11.5 Å². The maximum Gasteiger partial charge on any atom is 0.251 e. The lowest BCUT2D eigenvalue weighted by Gasteiger charge is -2.23. The van der Waals surface area contributed by atoms with Crippen LogP contribution < -0.4 is 19.1 Å². The van der Waals surface area contributed by atoms with Gasteiger partial charge in [-0.3, -0.25) is 9.10 Å². The van der Waals surface area contributed by atoms with Crippen molar-refractivity contribution in [1.29, 1.82) is 0 Å². The fourth-order valence-electron chi connectivity index (χ4n) is 3.80. The highest BCUT2D eigenvalue weighted by Gasteiger charge is 2.19. The van der Waals surface area contributed by atoms with E-state index >= 15 is 0 Å². The fourth-order valence-corrected chi connectivity index (χ4v) is 4.68. The van der Waals surface area contributed by atoms with Gasteiger partial charge in [-0.2, -0.15) is 0 Å². The summed E-state index contributed by atoms with van der Waals surface area (Å²) in [5.41, 5.74) is 3.78. The molecule has 1 heterocycles. The second-order valence-corrected chi connectivity index (χ2v) is 10.3. The molecule has 0 saturated heterocycles. The molecule has 1 N–H and O–H groups in total. The molecular weight excluding hydrogens is 452 g/mol. The monoisotopic (exact) mass is 480 g/mol. The summed E-state index contributed by atoms with van der Waals surface area (Å²) in [4.78, 5) is 12.8. The average Bonchev–Trinajstić information content (AvgIpc) is 2.81. The lowest BCUT2D eigenvalue weighted by molar-refractivity contribution is 0.0939. The van der Waals surface area contributed by atoms with Gasteiger partial charge >= 0.3 is 0 Å². The molecule has 178 valence electrons. The van der Waals surface area contributed by atoms with Crippen LogP contribution in [0.1, 0.15) is 40.0 Å². The smallest absolute Gasteiger partial charge is 0.251 e. The molecule has 34 heavy (non-hydrogen) atoms. The van der Waals surface area contributed by atoms with E-state index in [1.807, 2.05) is 50.2 Å². The van der Waals surface area contributed by atoms with Crippen LogP contribution in [-0.2, 0) is 16.6 Å². The van der Waals surface area contributed by atoms with E-state index in [1.54, 1.807) is 30.3 Å². The zero-order valence-electron chi connectivity index (χ0n) is 19.4. The van der Waals surface area contributed by atoms with Crippen LogP contribution in [0.25, 0.3) is 0 Å². The van der Waals surface area contributed by atoms with Crippen LogP contribution in [0.3, 0.4) is 0 Å². The van der Waals surface area contributed by atoms with Gasteiger partial charge in [0, 0.05) is 5.56 Å². The number of rotatable bonds is 7. The zero-order valence-corrected chi connectivity index (χ0v) is 20.3. The quantitative estimate of drug-likeness (QED) is 0.547. The topological polar surface area (TPSA) is 84.9 Å². The maximum atomic E-state index is 12.8. The molecule has 1 aliphatic heterocycles. The van der Waals surface area contributed by atoms with Gasteiger partial charge in [0.05, 0.1) is 24.5 Å². The minimum atomic E-state index is -3.48. The third-order valence-corrected chi connectivity index (χ3v) is 6.79. The first-order valence-corrected chi connectivity index (χ1v) is 12.9. The van der Waals surface area contributed by atoms with Crippen LogP contribution >= 0.6 is 0 Å². The molecule has 8 heteroatoms. The van der Waals surface area contributed by atoms with Gasteiger partial charge in [-0.05, 0) is 66.9 Å². The lowest BCUT2D eigenvalue weighted by Crippen LogP contribution is -2.29. The van der Waals surface area contributed by atoms with Gasteiger partial charge in [-0.15, -0.1) is 0 Å². The van der Waals surface area contributed by atoms with Crippen molar-refractivity contribution in [2.24, 2.45) is 0 Å². The van der Waals surface area contributed by atoms with Gasteiger partial charge in [0.1, 0.15) is 13.2 Å². The lowest BCUT2D eigenvalue weighted by atomic mass is 10.1. The maximum absolute atomic E-state index is 12.8. The molecule has 7 nitrogen and oxygen atoms in total. The number of aryl methyl sites for hydroxylation is 1. The third-order valence-electron chi connectivity index (χ3n) is 5.65. The molecule has 1 amide bonds. The zero-order chi connectivity index (χ0) is 24.3. The number of sulfonamides is 1. The number of ether oxygens (including phenoxy) is 2. The standard InChI is InChI=1S/C26H28N2O5S/c1-18-5-4-6-23(15-18)28(34(3,30)31)17-20-7-9-21(10-8-20)26(29)27-19(2)22-11-12-24-25(16-22)33-14-13-32-24/h4-12,15-16,19H,13-14,17H2,1-3H3,(H,27,29). The number of benzene rings is 3. The highest BCUT2D eigenvalue weighted by Crippen LogP contribution is 2.32. The van der Waals surface area contributed by atoms with Crippen molar-refractivity contribution < 1.29 is 22.7 Å². The van der Waals surface area contributed by atoms with E-state index in [4.69, 9.17) is 9.47 Å². The molecule has 1 atom stereocenters. The summed E-state index contributed by atoms with van der Waals surface area (Å²) in [6.07, 6.45) is 1.19. The van der Waals surface area contributed by atoms with Crippen molar-refractivity contribution in [3.63, 3.8) is 0 Å². The summed E-state index contributed by atoms with van der Waals surface area (Å²) in [5, 5.41) is 2.99. The first-order chi connectivity index (χ1) is 16.2. The highest BCUT2D eigenvalue weighted by molar-refractivity contribution is 7.92. The van der Waals surface area contributed by atoms with Gasteiger partial charge in [-0.1, -0.05) is 30.3 Å². The average molecular weight is 481 g/mol. The Morgan fingerprint density at radius 1 is 1.00 bits per heavy atom. The van der Waals surface area contributed by atoms with E-state index < -0.39 is 10.0 Å². The summed E-state index contributed by atoms with van der Waals surface area (Å²) in [5.74, 6) is 1.17. The van der Waals surface area contributed by atoms with Crippen LogP contribution in [0.4, 0.5) is 5.69 Å². The molecule has 4 rings (SSSR count). The van der Waals surface area contributed by atoms with Crippen LogP contribution in [0, 0.1) is 6.92 Å². The van der Waals surface area contributed by atoms with Gasteiger partial charge in [0.2, 0.25) is 10.0 Å². The van der Waals surface area contributed by atoms with Gasteiger partial charge < -0.3 is 14.8 Å². The van der Waals surface area contributed by atoms with Gasteiger partial charge in [0.15, 0.2) is 11.5 Å². The van der Waals surface area contributed by atoms with Crippen molar-refractivity contribution >= 4 is 21.6 Å². The second kappa shape index (κ2) is 9.77. The minimum absolute atomic E-state index is 0.178. The van der Waals surface area contributed by atoms with Crippen LogP contribution in [0.2, 0.25) is 0 Å². The van der Waals surface area contributed by atoms with E-state index in [2.05, 4.69) is 5.32 Å². The molecular formula is C26H28N2O5S. The summed E-state index contributed by atoms with van der Waals surface area (Å²) >= 11 is 0. The molecule has 0 fully saturated rings. The number of anilines is 1. The van der Waals surface area contributed by atoms with E-state index in [0.29, 0.717) is 36.0 Å². The number of hydrogen-bond donors (Lipinski definition) is 1. The Morgan fingerprint density at radius 2 is 1.71 bits per heavy atom. The largest absolute Gasteiger partial charge is 0.486 e. The number of nitrogens with one attached hydrogen (secondary N) is 1. The predicted molar refractivity (Wildman–Crippen MR) is 132 cm³/mol. The molecule has 0 radical (unpaired) electrons. The van der Waals surface area contributed by atoms with Gasteiger partial charge in [-0.25, -0.2) is 8.42 Å². The Balaban J connectivity index is 1.44. The van der Waals surface area contributed by atoms with E-state index in [0.717, 1.165) is 16.7 Å². The molecule has 0 aromatic heterocycles. The number of nitrogens with zero attached hydrogens (tertiary/aromatic N) is 1. The van der Waals surface area contributed by atoms with Crippen molar-refractivity contribution in [1.82, 2.24) is 5.32 Å². The highest BCUT2D eigenvalue weighted by atomic mass is 32.2. The molecule has 0 spiro atoms. The number of fused-ring (bicyclic) bond motifs is 1. The number of carbonyl (C=O) groups is 1. The number of carbonyl (C=O) groups excluding carboxylic acids is 1.